The summed E-state index contributed by atoms with van der Waals surface area (Å²) in [6.07, 6.45) is -3.50. The monoisotopic (exact) mass is 244 g/mol. The molecule has 0 spiro atoms. The fourth-order valence-corrected chi connectivity index (χ4v) is 1.15. The van der Waals surface area contributed by atoms with Gasteiger partial charge in [-0.05, 0) is 18.2 Å². The SMILES string of the molecule is Nc1coc(Oc2cccc(C(F)(F)F)c2)n1. The average Bonchev–Trinajstić information content (AvgIpc) is 2.63. The van der Waals surface area contributed by atoms with Gasteiger partial charge in [-0.25, -0.2) is 0 Å². The smallest absolute Gasteiger partial charge is 0.415 e. The van der Waals surface area contributed by atoms with Gasteiger partial charge < -0.3 is 14.9 Å². The summed E-state index contributed by atoms with van der Waals surface area (Å²) >= 11 is 0. The normalized spacial score (nSPS) is 11.5. The number of alkyl halides is 3. The van der Waals surface area contributed by atoms with E-state index in [1.807, 2.05) is 0 Å². The molecule has 0 radical (unpaired) electrons. The molecule has 0 unspecified atom stereocenters. The van der Waals surface area contributed by atoms with Gasteiger partial charge in [0.1, 0.15) is 12.0 Å². The summed E-state index contributed by atoms with van der Waals surface area (Å²) in [5, 5.41) is 0. The van der Waals surface area contributed by atoms with Crippen LogP contribution in [0.3, 0.4) is 0 Å². The number of benzene rings is 1. The van der Waals surface area contributed by atoms with E-state index < -0.39 is 11.7 Å². The van der Waals surface area contributed by atoms with Gasteiger partial charge >= 0.3 is 12.3 Å². The van der Waals surface area contributed by atoms with E-state index in [1.165, 1.54) is 12.1 Å². The lowest BCUT2D eigenvalue weighted by Gasteiger charge is -2.07. The first kappa shape index (κ1) is 11.3. The summed E-state index contributed by atoms with van der Waals surface area (Å²) in [5.41, 5.74) is 4.46. The van der Waals surface area contributed by atoms with Crippen molar-refractivity contribution in [3.63, 3.8) is 0 Å². The zero-order valence-corrected chi connectivity index (χ0v) is 8.36. The van der Waals surface area contributed by atoms with Gasteiger partial charge in [0.2, 0.25) is 0 Å². The summed E-state index contributed by atoms with van der Waals surface area (Å²) in [5.74, 6) is 0.0636. The highest BCUT2D eigenvalue weighted by Crippen LogP contribution is 2.32. The molecule has 0 fully saturated rings. The summed E-state index contributed by atoms with van der Waals surface area (Å²) in [4.78, 5) is 3.61. The molecule has 17 heavy (non-hydrogen) atoms. The third-order valence-electron chi connectivity index (χ3n) is 1.87. The molecule has 7 heteroatoms. The van der Waals surface area contributed by atoms with Gasteiger partial charge in [-0.3, -0.25) is 0 Å². The number of halogens is 3. The number of hydrogen-bond acceptors (Lipinski definition) is 4. The number of oxazole rings is 1. The minimum atomic E-state index is -4.42. The van der Waals surface area contributed by atoms with Crippen LogP contribution in [0.1, 0.15) is 5.56 Å². The van der Waals surface area contributed by atoms with Gasteiger partial charge in [0, 0.05) is 0 Å². The van der Waals surface area contributed by atoms with Gasteiger partial charge in [-0.1, -0.05) is 6.07 Å². The van der Waals surface area contributed by atoms with Gasteiger partial charge in [-0.2, -0.15) is 18.2 Å². The quantitative estimate of drug-likeness (QED) is 0.881. The highest BCUT2D eigenvalue weighted by Gasteiger charge is 2.30. The van der Waals surface area contributed by atoms with Gasteiger partial charge in [0.25, 0.3) is 0 Å². The van der Waals surface area contributed by atoms with Crippen molar-refractivity contribution < 1.29 is 22.3 Å². The number of nitrogens with zero attached hydrogens (tertiary/aromatic N) is 1. The van der Waals surface area contributed by atoms with Crippen LogP contribution in [0.4, 0.5) is 19.0 Å². The van der Waals surface area contributed by atoms with E-state index >= 15 is 0 Å². The van der Waals surface area contributed by atoms with Crippen LogP contribution in [0.5, 0.6) is 11.8 Å². The molecule has 1 aromatic carbocycles. The van der Waals surface area contributed by atoms with E-state index in [4.69, 9.17) is 14.9 Å². The number of nitrogen functional groups attached to an aromatic ring is 1. The third-order valence-corrected chi connectivity index (χ3v) is 1.87. The average molecular weight is 244 g/mol. The number of anilines is 1. The highest BCUT2D eigenvalue weighted by atomic mass is 19.4. The lowest BCUT2D eigenvalue weighted by molar-refractivity contribution is -0.137. The Bertz CT molecular complexity index is 522. The molecule has 0 amide bonds. The van der Waals surface area contributed by atoms with Gasteiger partial charge in [-0.15, -0.1) is 0 Å². The van der Waals surface area contributed by atoms with Crippen LogP contribution < -0.4 is 10.5 Å². The fraction of sp³-hybridized carbons (Fsp3) is 0.100. The van der Waals surface area contributed by atoms with Crippen LogP contribution in [-0.4, -0.2) is 4.98 Å². The van der Waals surface area contributed by atoms with Crippen LogP contribution in [-0.2, 0) is 6.18 Å². The van der Waals surface area contributed by atoms with Crippen molar-refractivity contribution in [2.45, 2.75) is 6.18 Å². The Balaban J connectivity index is 2.22. The molecule has 0 aliphatic rings. The second-order valence-electron chi connectivity index (χ2n) is 3.17. The van der Waals surface area contributed by atoms with Gasteiger partial charge in [0.15, 0.2) is 5.82 Å². The first-order chi connectivity index (χ1) is 7.95. The molecule has 2 aromatic rings. The lowest BCUT2D eigenvalue weighted by Crippen LogP contribution is -2.04. The van der Waals surface area contributed by atoms with Gasteiger partial charge in [0.05, 0.1) is 5.56 Å². The Labute approximate surface area is 93.8 Å². The molecule has 4 nitrogen and oxygen atoms in total. The zero-order chi connectivity index (χ0) is 12.5. The first-order valence-corrected chi connectivity index (χ1v) is 4.51. The molecule has 1 heterocycles. The minimum absolute atomic E-state index is 0.0262. The standard InChI is InChI=1S/C10H7F3N2O2/c11-10(12,13)6-2-1-3-7(4-6)17-9-15-8(14)5-16-9/h1-5H,14H2. The molecule has 0 aliphatic heterocycles. The maximum Gasteiger partial charge on any atom is 0.416 e. The van der Waals surface area contributed by atoms with E-state index in [1.54, 1.807) is 0 Å². The second-order valence-corrected chi connectivity index (χ2v) is 3.17. The summed E-state index contributed by atoms with van der Waals surface area (Å²) < 4.78 is 46.9. The van der Waals surface area contributed by atoms with Crippen molar-refractivity contribution in [1.29, 1.82) is 0 Å². The van der Waals surface area contributed by atoms with Crippen molar-refractivity contribution >= 4 is 5.82 Å². The van der Waals surface area contributed by atoms with Crippen LogP contribution >= 0.6 is 0 Å². The number of ether oxygens (including phenoxy) is 1. The largest absolute Gasteiger partial charge is 0.416 e. The predicted molar refractivity (Wildman–Crippen MR) is 52.4 cm³/mol. The molecule has 2 N–H and O–H groups in total. The second kappa shape index (κ2) is 4.00. The van der Waals surface area contributed by atoms with Crippen LogP contribution in [0.2, 0.25) is 0 Å². The minimum Gasteiger partial charge on any atom is -0.415 e. The molecule has 90 valence electrons. The molecule has 0 aliphatic carbocycles. The predicted octanol–water partition coefficient (Wildman–Crippen LogP) is 3.07. The Morgan fingerprint density at radius 3 is 2.65 bits per heavy atom. The molecular weight excluding hydrogens is 237 g/mol. The van der Waals surface area contributed by atoms with E-state index in [0.717, 1.165) is 18.4 Å². The van der Waals surface area contributed by atoms with Crippen LogP contribution in [0, 0.1) is 0 Å². The maximum absolute atomic E-state index is 12.4. The van der Waals surface area contributed by atoms with E-state index in [2.05, 4.69) is 4.98 Å². The van der Waals surface area contributed by atoms with Crippen molar-refractivity contribution in [2.75, 3.05) is 5.73 Å². The molecule has 0 bridgehead atoms. The molecule has 1 aromatic heterocycles. The van der Waals surface area contributed by atoms with E-state index in [-0.39, 0.29) is 17.6 Å². The van der Waals surface area contributed by atoms with Crippen molar-refractivity contribution in [3.8, 4) is 11.8 Å². The highest BCUT2D eigenvalue weighted by molar-refractivity contribution is 5.32. The molecular formula is C10H7F3N2O2. The Morgan fingerprint density at radius 2 is 2.06 bits per heavy atom. The molecule has 0 atom stereocenters. The van der Waals surface area contributed by atoms with Crippen LogP contribution in [0.25, 0.3) is 0 Å². The number of rotatable bonds is 2. The third kappa shape index (κ3) is 2.68. The number of aromatic nitrogens is 1. The van der Waals surface area contributed by atoms with E-state index in [0.29, 0.717) is 0 Å². The summed E-state index contributed by atoms with van der Waals surface area (Å²) in [6, 6.07) is 4.37. The maximum atomic E-state index is 12.4. The zero-order valence-electron chi connectivity index (χ0n) is 8.36. The van der Waals surface area contributed by atoms with E-state index in [9.17, 15) is 13.2 Å². The van der Waals surface area contributed by atoms with Crippen LogP contribution in [0.15, 0.2) is 34.9 Å². The molecule has 0 saturated carbocycles. The van der Waals surface area contributed by atoms with Crippen molar-refractivity contribution in [2.24, 2.45) is 0 Å². The Hall–Kier alpha value is -2.18. The topological polar surface area (TPSA) is 61.3 Å². The summed E-state index contributed by atoms with van der Waals surface area (Å²) in [7, 11) is 0. The fourth-order valence-electron chi connectivity index (χ4n) is 1.15. The number of hydrogen-bond donors (Lipinski definition) is 1. The Morgan fingerprint density at radius 1 is 1.29 bits per heavy atom. The first-order valence-electron chi connectivity index (χ1n) is 4.51. The molecule has 0 saturated heterocycles. The molecule has 2 rings (SSSR count). The lowest BCUT2D eigenvalue weighted by atomic mass is 10.2. The van der Waals surface area contributed by atoms with Crippen molar-refractivity contribution in [1.82, 2.24) is 4.98 Å². The Kier molecular flexibility index (Phi) is 2.66. The number of nitrogens with two attached hydrogens (primary N) is 1. The summed E-state index contributed by atoms with van der Waals surface area (Å²) in [6.45, 7) is 0. The van der Waals surface area contributed by atoms with Crippen molar-refractivity contribution in [3.05, 3.63) is 36.1 Å².